The molecule has 3 saturated carbocycles. The first kappa shape index (κ1) is 18.8. The van der Waals surface area contributed by atoms with E-state index < -0.39 is 0 Å². The van der Waals surface area contributed by atoms with Crippen LogP contribution in [0.15, 0.2) is 36.2 Å². The van der Waals surface area contributed by atoms with Gasteiger partial charge in [0, 0.05) is 16.7 Å². The number of imidazole rings is 1. The lowest BCUT2D eigenvalue weighted by molar-refractivity contribution is -0.105. The minimum absolute atomic E-state index is 0.0821. The van der Waals surface area contributed by atoms with E-state index in [2.05, 4.69) is 41.6 Å². The fourth-order valence-electron chi connectivity index (χ4n) is 8.66. The minimum Gasteiger partial charge on any atom is -0.302 e. The highest BCUT2D eigenvalue weighted by Gasteiger charge is 2.59. The summed E-state index contributed by atoms with van der Waals surface area (Å²) in [5, 5.41) is 0. The summed E-state index contributed by atoms with van der Waals surface area (Å²) in [5.41, 5.74) is 5.06. The monoisotopic (exact) mass is 402 g/mol. The Bertz CT molecular complexity index is 1030. The molecule has 3 nitrogen and oxygen atoms in total. The van der Waals surface area contributed by atoms with Gasteiger partial charge in [-0.1, -0.05) is 38.8 Å². The summed E-state index contributed by atoms with van der Waals surface area (Å²) in [5.74, 6) is 3.16. The molecule has 3 fully saturated rings. The maximum atomic E-state index is 12.3. The molecule has 1 heterocycles. The van der Waals surface area contributed by atoms with Crippen molar-refractivity contribution in [2.75, 3.05) is 0 Å². The van der Waals surface area contributed by atoms with Crippen LogP contribution in [0.4, 0.5) is 0 Å². The van der Waals surface area contributed by atoms with Gasteiger partial charge in [-0.15, -0.1) is 0 Å². The molecule has 0 aliphatic heterocycles. The molecule has 6 unspecified atom stereocenters. The van der Waals surface area contributed by atoms with Gasteiger partial charge in [0.25, 0.3) is 0 Å². The molecule has 0 bridgehead atoms. The third-order valence-electron chi connectivity index (χ3n) is 10.1. The summed E-state index contributed by atoms with van der Waals surface area (Å²) in [7, 11) is 0. The van der Waals surface area contributed by atoms with Crippen LogP contribution in [0.1, 0.15) is 71.6 Å². The molecule has 30 heavy (non-hydrogen) atoms. The van der Waals surface area contributed by atoms with Crippen molar-refractivity contribution in [2.45, 2.75) is 71.6 Å². The highest BCUT2D eigenvalue weighted by atomic mass is 16.1. The first-order valence-corrected chi connectivity index (χ1v) is 12.2. The Balaban J connectivity index is 1.42. The number of hydrogen-bond acceptors (Lipinski definition) is 2. The van der Waals surface area contributed by atoms with E-state index in [4.69, 9.17) is 0 Å². The number of hydrogen-bond donors (Lipinski definition) is 0. The highest BCUT2D eigenvalue weighted by Crippen LogP contribution is 2.67. The van der Waals surface area contributed by atoms with Crippen molar-refractivity contribution >= 4 is 23.0 Å². The standard InChI is InChI=1S/C27H34N2O/c1-26-13-6-5-7-19(26)10-11-20-21(26)12-14-27(2)22(20)15-18(16-30)25(27)29-17-28-23-8-3-4-9-24(23)29/h3-4,8-9,16-17,19-22H,5-7,10-15H2,1-2H3. The van der Waals surface area contributed by atoms with Crippen molar-refractivity contribution in [3.8, 4) is 0 Å². The number of para-hydroxylation sites is 2. The molecule has 2 aromatic rings. The van der Waals surface area contributed by atoms with Crippen molar-refractivity contribution in [3.63, 3.8) is 0 Å². The van der Waals surface area contributed by atoms with Gasteiger partial charge in [0.05, 0.1) is 11.0 Å². The molecule has 4 aliphatic carbocycles. The van der Waals surface area contributed by atoms with Crippen LogP contribution in [0.3, 0.4) is 0 Å². The van der Waals surface area contributed by atoms with Crippen LogP contribution in [0, 0.1) is 34.5 Å². The normalized spacial score (nSPS) is 40.7. The molecule has 158 valence electrons. The number of aldehydes is 1. The third-order valence-corrected chi connectivity index (χ3v) is 10.1. The maximum absolute atomic E-state index is 12.3. The lowest BCUT2D eigenvalue weighted by atomic mass is 9.45. The lowest BCUT2D eigenvalue weighted by Crippen LogP contribution is -2.52. The zero-order valence-corrected chi connectivity index (χ0v) is 18.4. The topological polar surface area (TPSA) is 34.9 Å². The van der Waals surface area contributed by atoms with Gasteiger partial charge in [-0.3, -0.25) is 4.79 Å². The third kappa shape index (κ3) is 2.38. The lowest BCUT2D eigenvalue weighted by Gasteiger charge is -2.60. The van der Waals surface area contributed by atoms with Gasteiger partial charge in [-0.25, -0.2) is 4.98 Å². The van der Waals surface area contributed by atoms with E-state index in [9.17, 15) is 4.79 Å². The van der Waals surface area contributed by atoms with Crippen LogP contribution >= 0.6 is 0 Å². The molecule has 0 amide bonds. The minimum atomic E-state index is 0.0821. The van der Waals surface area contributed by atoms with Gasteiger partial charge in [0.15, 0.2) is 0 Å². The van der Waals surface area contributed by atoms with Crippen molar-refractivity contribution in [2.24, 2.45) is 34.5 Å². The summed E-state index contributed by atoms with van der Waals surface area (Å²) < 4.78 is 2.26. The van der Waals surface area contributed by atoms with E-state index in [1.54, 1.807) is 0 Å². The molecule has 0 N–H and O–H groups in total. The van der Waals surface area contributed by atoms with Crippen LogP contribution in [0.25, 0.3) is 16.7 Å². The number of rotatable bonds is 2. The number of aromatic nitrogens is 2. The summed E-state index contributed by atoms with van der Waals surface area (Å²) in [6.07, 6.45) is 15.1. The second-order valence-corrected chi connectivity index (χ2v) is 11.2. The number of nitrogens with zero attached hydrogens (tertiary/aromatic N) is 2. The number of carbonyl (C=O) groups excluding carboxylic acids is 1. The predicted octanol–water partition coefficient (Wildman–Crippen LogP) is 6.49. The molecule has 1 aromatic carbocycles. The Kier molecular flexibility index (Phi) is 4.11. The van der Waals surface area contributed by atoms with Crippen molar-refractivity contribution in [1.29, 1.82) is 0 Å². The van der Waals surface area contributed by atoms with Crippen LogP contribution in [0.5, 0.6) is 0 Å². The van der Waals surface area contributed by atoms with E-state index in [-0.39, 0.29) is 5.41 Å². The fraction of sp³-hybridized carbons (Fsp3) is 0.630. The number of benzene rings is 1. The zero-order chi connectivity index (χ0) is 20.5. The second-order valence-electron chi connectivity index (χ2n) is 11.2. The quantitative estimate of drug-likeness (QED) is 0.538. The number of allylic oxidation sites excluding steroid dienone is 2. The van der Waals surface area contributed by atoms with Crippen LogP contribution < -0.4 is 0 Å². The first-order chi connectivity index (χ1) is 14.6. The Morgan fingerprint density at radius 2 is 1.90 bits per heavy atom. The molecule has 6 atom stereocenters. The molecule has 0 saturated heterocycles. The van der Waals surface area contributed by atoms with Gasteiger partial charge >= 0.3 is 0 Å². The van der Waals surface area contributed by atoms with Crippen LogP contribution in [0.2, 0.25) is 0 Å². The number of carbonyl (C=O) groups is 1. The van der Waals surface area contributed by atoms with Gasteiger partial charge in [-0.05, 0) is 86.2 Å². The molecule has 4 aliphatic rings. The van der Waals surface area contributed by atoms with Crippen molar-refractivity contribution < 1.29 is 4.79 Å². The average molecular weight is 403 g/mol. The summed E-state index contributed by atoms with van der Waals surface area (Å²) >= 11 is 0. The predicted molar refractivity (Wildman–Crippen MR) is 121 cm³/mol. The fourth-order valence-corrected chi connectivity index (χ4v) is 8.66. The molecule has 6 rings (SSSR count). The highest BCUT2D eigenvalue weighted by molar-refractivity contribution is 5.90. The van der Waals surface area contributed by atoms with E-state index >= 15 is 0 Å². The molecule has 0 radical (unpaired) electrons. The van der Waals surface area contributed by atoms with Gasteiger partial charge < -0.3 is 4.57 Å². The molecular formula is C27H34N2O. The second kappa shape index (κ2) is 6.55. The molecule has 0 spiro atoms. The van der Waals surface area contributed by atoms with Gasteiger partial charge in [-0.2, -0.15) is 0 Å². The van der Waals surface area contributed by atoms with E-state index in [1.807, 2.05) is 12.4 Å². The smallest absolute Gasteiger partial charge is 0.147 e. The molecule has 1 aromatic heterocycles. The first-order valence-electron chi connectivity index (χ1n) is 12.2. The Morgan fingerprint density at radius 1 is 1.03 bits per heavy atom. The summed E-state index contributed by atoms with van der Waals surface area (Å²) in [4.78, 5) is 17.0. The van der Waals surface area contributed by atoms with Gasteiger partial charge in [0.1, 0.15) is 12.6 Å². The van der Waals surface area contributed by atoms with Crippen molar-refractivity contribution in [1.82, 2.24) is 9.55 Å². The van der Waals surface area contributed by atoms with Crippen LogP contribution in [-0.2, 0) is 4.79 Å². The largest absolute Gasteiger partial charge is 0.302 e. The maximum Gasteiger partial charge on any atom is 0.147 e. The van der Waals surface area contributed by atoms with E-state index in [0.717, 1.165) is 47.1 Å². The van der Waals surface area contributed by atoms with E-state index in [0.29, 0.717) is 11.3 Å². The van der Waals surface area contributed by atoms with E-state index in [1.165, 1.54) is 57.1 Å². The molecular weight excluding hydrogens is 368 g/mol. The van der Waals surface area contributed by atoms with Crippen LogP contribution in [-0.4, -0.2) is 15.8 Å². The zero-order valence-electron chi connectivity index (χ0n) is 18.4. The SMILES string of the molecule is CC12CCC3C(CCC4CCCCC43C)C1CC(C=O)=C2n1cnc2ccccc21. The van der Waals surface area contributed by atoms with Gasteiger partial charge in [0.2, 0.25) is 0 Å². The molecule has 3 heteroatoms. The Labute approximate surface area is 179 Å². The van der Waals surface area contributed by atoms with Crippen molar-refractivity contribution in [3.05, 3.63) is 36.2 Å². The summed E-state index contributed by atoms with van der Waals surface area (Å²) in [6.45, 7) is 5.09. The average Bonchev–Trinajstić information content (AvgIpc) is 3.30. The Morgan fingerprint density at radius 3 is 2.77 bits per heavy atom. The summed E-state index contributed by atoms with van der Waals surface area (Å²) in [6, 6.07) is 8.35. The Hall–Kier alpha value is -1.90. The number of fused-ring (bicyclic) bond motifs is 6.